The molecular weight excluding hydrogens is 352 g/mol. The molecule has 0 amide bonds. The molecule has 1 aromatic carbocycles. The number of ether oxygens (including phenoxy) is 4. The number of carbonyl (C=O) groups is 2. The quantitative estimate of drug-likeness (QED) is 0.358. The number of hydrogen-bond donors (Lipinski definition) is 1. The molecule has 0 radical (unpaired) electrons. The minimum absolute atomic E-state index is 0.0412. The molecule has 0 aliphatic rings. The van der Waals surface area contributed by atoms with E-state index >= 15 is 0 Å². The van der Waals surface area contributed by atoms with E-state index in [4.69, 9.17) is 24.1 Å². The van der Waals surface area contributed by atoms with E-state index in [2.05, 4.69) is 0 Å². The SMILES string of the molecule is CCOC(=O)C(C/C=C/CO)(Cc1ccc(OC)c(OC)c1)C(=O)OCC. The second kappa shape index (κ2) is 11.2. The maximum Gasteiger partial charge on any atom is 0.324 e. The van der Waals surface area contributed by atoms with Crippen LogP contribution in [0.2, 0.25) is 0 Å². The highest BCUT2D eigenvalue weighted by Crippen LogP contribution is 2.35. The zero-order valence-electron chi connectivity index (χ0n) is 16.3. The van der Waals surface area contributed by atoms with Crippen LogP contribution in [0.15, 0.2) is 30.4 Å². The van der Waals surface area contributed by atoms with Crippen LogP contribution in [0.1, 0.15) is 25.8 Å². The van der Waals surface area contributed by atoms with Crippen LogP contribution < -0.4 is 9.47 Å². The van der Waals surface area contributed by atoms with E-state index in [0.29, 0.717) is 17.1 Å². The Hall–Kier alpha value is -2.54. The molecular formula is C20H28O7. The van der Waals surface area contributed by atoms with E-state index < -0.39 is 17.4 Å². The van der Waals surface area contributed by atoms with Crippen molar-refractivity contribution >= 4 is 11.9 Å². The molecule has 0 unspecified atom stereocenters. The number of aliphatic hydroxyl groups is 1. The largest absolute Gasteiger partial charge is 0.493 e. The minimum Gasteiger partial charge on any atom is -0.493 e. The van der Waals surface area contributed by atoms with Gasteiger partial charge in [-0.1, -0.05) is 18.2 Å². The van der Waals surface area contributed by atoms with Crippen molar-refractivity contribution in [3.63, 3.8) is 0 Å². The summed E-state index contributed by atoms with van der Waals surface area (Å²) in [5.41, 5.74) is -0.872. The van der Waals surface area contributed by atoms with E-state index in [-0.39, 0.29) is 32.7 Å². The van der Waals surface area contributed by atoms with Crippen molar-refractivity contribution in [2.24, 2.45) is 5.41 Å². The molecule has 0 fully saturated rings. The topological polar surface area (TPSA) is 91.3 Å². The Bertz CT molecular complexity index is 634. The molecule has 0 aromatic heterocycles. The standard InChI is InChI=1S/C20H28O7/c1-5-26-18(22)20(11-7-8-12-21,19(23)27-6-2)14-15-9-10-16(24-3)17(13-15)25-4/h7-10,13,21H,5-6,11-12,14H2,1-4H3/b8-7+. The van der Waals surface area contributed by atoms with E-state index in [1.165, 1.54) is 20.3 Å². The fraction of sp³-hybridized carbons (Fsp3) is 0.500. The third kappa shape index (κ3) is 5.72. The number of esters is 2. The molecule has 0 saturated heterocycles. The molecule has 1 aromatic rings. The predicted octanol–water partition coefficient (Wildman–Crippen LogP) is 2.30. The third-order valence-corrected chi connectivity index (χ3v) is 4.02. The van der Waals surface area contributed by atoms with Crippen LogP contribution in [0.5, 0.6) is 11.5 Å². The normalized spacial score (nSPS) is 11.3. The van der Waals surface area contributed by atoms with Crippen LogP contribution in [0.25, 0.3) is 0 Å². The number of rotatable bonds is 11. The van der Waals surface area contributed by atoms with Crippen molar-refractivity contribution in [2.45, 2.75) is 26.7 Å². The Kier molecular flexibility index (Phi) is 9.36. The molecule has 0 saturated carbocycles. The Labute approximate surface area is 159 Å². The Morgan fingerprint density at radius 2 is 1.59 bits per heavy atom. The van der Waals surface area contributed by atoms with Gasteiger partial charge in [-0.3, -0.25) is 9.59 Å². The first-order valence-corrected chi connectivity index (χ1v) is 8.80. The zero-order chi connectivity index (χ0) is 20.3. The van der Waals surface area contributed by atoms with Crippen molar-refractivity contribution in [1.29, 1.82) is 0 Å². The second-order valence-electron chi connectivity index (χ2n) is 5.75. The Morgan fingerprint density at radius 1 is 1.00 bits per heavy atom. The first-order valence-electron chi connectivity index (χ1n) is 8.80. The van der Waals surface area contributed by atoms with Crippen LogP contribution in [-0.2, 0) is 25.5 Å². The van der Waals surface area contributed by atoms with Crippen LogP contribution in [-0.4, -0.2) is 51.1 Å². The zero-order valence-corrected chi connectivity index (χ0v) is 16.3. The average molecular weight is 380 g/mol. The lowest BCUT2D eigenvalue weighted by Crippen LogP contribution is -2.43. The first-order chi connectivity index (χ1) is 13.0. The summed E-state index contributed by atoms with van der Waals surface area (Å²) in [5.74, 6) is -0.302. The van der Waals surface area contributed by atoms with Gasteiger partial charge in [-0.05, 0) is 44.4 Å². The van der Waals surface area contributed by atoms with Gasteiger partial charge in [-0.25, -0.2) is 0 Å². The van der Waals surface area contributed by atoms with Gasteiger partial charge in [0.05, 0.1) is 34.0 Å². The summed E-state index contributed by atoms with van der Waals surface area (Å²) in [4.78, 5) is 25.6. The lowest BCUT2D eigenvalue weighted by Gasteiger charge is -2.28. The summed E-state index contributed by atoms with van der Waals surface area (Å²) < 4.78 is 20.9. The van der Waals surface area contributed by atoms with Crippen molar-refractivity contribution in [2.75, 3.05) is 34.0 Å². The van der Waals surface area contributed by atoms with E-state index in [9.17, 15) is 9.59 Å². The molecule has 27 heavy (non-hydrogen) atoms. The minimum atomic E-state index is -1.56. The Morgan fingerprint density at radius 3 is 2.07 bits per heavy atom. The van der Waals surface area contributed by atoms with E-state index in [1.54, 1.807) is 38.1 Å². The average Bonchev–Trinajstić information content (AvgIpc) is 2.67. The van der Waals surface area contributed by atoms with Crippen LogP contribution in [0.3, 0.4) is 0 Å². The van der Waals surface area contributed by atoms with E-state index in [1.807, 2.05) is 0 Å². The van der Waals surface area contributed by atoms with Crippen molar-refractivity contribution in [1.82, 2.24) is 0 Å². The molecule has 0 spiro atoms. The van der Waals surface area contributed by atoms with Gasteiger partial charge in [0.25, 0.3) is 0 Å². The number of allylic oxidation sites excluding steroid dienone is 1. The molecule has 0 aliphatic carbocycles. The molecule has 150 valence electrons. The van der Waals surface area contributed by atoms with Gasteiger partial charge in [0.1, 0.15) is 0 Å². The van der Waals surface area contributed by atoms with Crippen LogP contribution in [0, 0.1) is 5.41 Å². The van der Waals surface area contributed by atoms with Gasteiger partial charge in [-0.2, -0.15) is 0 Å². The highest BCUT2D eigenvalue weighted by Gasteiger charge is 2.48. The summed E-state index contributed by atoms with van der Waals surface area (Å²) in [6.45, 7) is 3.42. The number of aliphatic hydroxyl groups excluding tert-OH is 1. The molecule has 0 bridgehead atoms. The molecule has 7 heteroatoms. The van der Waals surface area contributed by atoms with Crippen LogP contribution in [0.4, 0.5) is 0 Å². The molecule has 1 rings (SSSR count). The maximum atomic E-state index is 12.8. The summed E-state index contributed by atoms with van der Waals surface area (Å²) in [7, 11) is 3.04. The summed E-state index contributed by atoms with van der Waals surface area (Å²) in [5, 5.41) is 9.01. The molecule has 1 N–H and O–H groups in total. The van der Waals surface area contributed by atoms with Gasteiger partial charge in [0.2, 0.25) is 0 Å². The van der Waals surface area contributed by atoms with Gasteiger partial charge in [0.15, 0.2) is 16.9 Å². The molecule has 7 nitrogen and oxygen atoms in total. The third-order valence-electron chi connectivity index (χ3n) is 4.02. The predicted molar refractivity (Wildman–Crippen MR) is 99.8 cm³/mol. The Balaban J connectivity index is 3.38. The number of methoxy groups -OCH3 is 2. The highest BCUT2D eigenvalue weighted by atomic mass is 16.6. The molecule has 0 aliphatic heterocycles. The number of benzene rings is 1. The molecule has 0 atom stereocenters. The smallest absolute Gasteiger partial charge is 0.324 e. The molecule has 0 heterocycles. The lowest BCUT2D eigenvalue weighted by atomic mass is 9.78. The summed E-state index contributed by atoms with van der Waals surface area (Å²) >= 11 is 0. The van der Waals surface area contributed by atoms with Gasteiger partial charge < -0.3 is 24.1 Å². The highest BCUT2D eigenvalue weighted by molar-refractivity contribution is 6.00. The lowest BCUT2D eigenvalue weighted by molar-refractivity contribution is -0.171. The van der Waals surface area contributed by atoms with Gasteiger partial charge in [-0.15, -0.1) is 0 Å². The van der Waals surface area contributed by atoms with Crippen molar-refractivity contribution < 1.29 is 33.6 Å². The van der Waals surface area contributed by atoms with Crippen molar-refractivity contribution in [3.05, 3.63) is 35.9 Å². The first kappa shape index (κ1) is 22.5. The van der Waals surface area contributed by atoms with Gasteiger partial charge in [0, 0.05) is 0 Å². The van der Waals surface area contributed by atoms with E-state index in [0.717, 1.165) is 0 Å². The van der Waals surface area contributed by atoms with Crippen molar-refractivity contribution in [3.8, 4) is 11.5 Å². The number of hydrogen-bond acceptors (Lipinski definition) is 7. The monoisotopic (exact) mass is 380 g/mol. The second-order valence-corrected chi connectivity index (χ2v) is 5.75. The summed E-state index contributed by atoms with van der Waals surface area (Å²) in [6.07, 6.45) is 3.15. The summed E-state index contributed by atoms with van der Waals surface area (Å²) in [6, 6.07) is 5.17. The fourth-order valence-electron chi connectivity index (χ4n) is 2.70. The number of carbonyl (C=O) groups excluding carboxylic acids is 2. The fourth-order valence-corrected chi connectivity index (χ4v) is 2.70. The van der Waals surface area contributed by atoms with Crippen LogP contribution >= 0.6 is 0 Å². The van der Waals surface area contributed by atoms with Gasteiger partial charge >= 0.3 is 11.9 Å². The maximum absolute atomic E-state index is 12.8.